The van der Waals surface area contributed by atoms with Crippen molar-refractivity contribution in [2.45, 2.75) is 19.9 Å². The van der Waals surface area contributed by atoms with Crippen LogP contribution in [0.4, 0.5) is 0 Å². The Kier molecular flexibility index (Phi) is 3.61. The maximum Gasteiger partial charge on any atom is 0.355 e. The van der Waals surface area contributed by atoms with Crippen LogP contribution in [0.5, 0.6) is 0 Å². The van der Waals surface area contributed by atoms with E-state index in [4.69, 9.17) is 9.63 Å². The standard InChI is InChI=1S/C11H11N3O4S/c1-5-3-8(18-14-5)9(15)12-6(2)10-13-7(4-19-10)11(16)17/h3-4,6H,1-2H3,(H,12,15)(H,16,17). The van der Waals surface area contributed by atoms with E-state index < -0.39 is 17.9 Å². The number of rotatable bonds is 4. The summed E-state index contributed by atoms with van der Waals surface area (Å²) in [7, 11) is 0. The number of carboxylic acids is 1. The van der Waals surface area contributed by atoms with Crippen LogP contribution >= 0.6 is 11.3 Å². The predicted molar refractivity (Wildman–Crippen MR) is 66.2 cm³/mol. The summed E-state index contributed by atoms with van der Waals surface area (Å²) in [5.41, 5.74) is 0.580. The number of nitrogens with one attached hydrogen (secondary N) is 1. The van der Waals surface area contributed by atoms with Gasteiger partial charge in [0.05, 0.1) is 11.7 Å². The highest BCUT2D eigenvalue weighted by Crippen LogP contribution is 2.18. The highest BCUT2D eigenvalue weighted by atomic mass is 32.1. The molecule has 2 heterocycles. The first-order chi connectivity index (χ1) is 8.97. The summed E-state index contributed by atoms with van der Waals surface area (Å²) in [6, 6.07) is 1.11. The first-order valence-corrected chi connectivity index (χ1v) is 6.28. The molecule has 1 atom stereocenters. The SMILES string of the molecule is Cc1cc(C(=O)NC(C)c2nc(C(=O)O)cs2)on1. The van der Waals surface area contributed by atoms with Gasteiger partial charge < -0.3 is 14.9 Å². The van der Waals surface area contributed by atoms with Crippen LogP contribution in [0.15, 0.2) is 16.0 Å². The average Bonchev–Trinajstić information content (AvgIpc) is 2.96. The molecule has 0 radical (unpaired) electrons. The molecule has 8 heteroatoms. The van der Waals surface area contributed by atoms with Crippen molar-refractivity contribution in [1.82, 2.24) is 15.5 Å². The second kappa shape index (κ2) is 5.19. The molecule has 2 N–H and O–H groups in total. The molecule has 0 aromatic carbocycles. The number of aromatic nitrogens is 2. The molecule has 2 aromatic rings. The van der Waals surface area contributed by atoms with Crippen molar-refractivity contribution in [2.75, 3.05) is 0 Å². The Morgan fingerprint density at radius 1 is 1.53 bits per heavy atom. The van der Waals surface area contributed by atoms with E-state index in [1.165, 1.54) is 22.8 Å². The molecular weight excluding hydrogens is 270 g/mol. The first kappa shape index (κ1) is 13.2. The van der Waals surface area contributed by atoms with E-state index in [2.05, 4.69) is 15.5 Å². The number of carbonyl (C=O) groups excluding carboxylic acids is 1. The predicted octanol–water partition coefficient (Wildman–Crippen LogP) is 1.63. The zero-order valence-electron chi connectivity index (χ0n) is 10.2. The number of amides is 1. The zero-order chi connectivity index (χ0) is 14.0. The largest absolute Gasteiger partial charge is 0.476 e. The van der Waals surface area contributed by atoms with E-state index in [0.29, 0.717) is 10.7 Å². The van der Waals surface area contributed by atoms with Crippen LogP contribution in [0.3, 0.4) is 0 Å². The van der Waals surface area contributed by atoms with E-state index in [1.807, 2.05) is 0 Å². The van der Waals surface area contributed by atoms with Crippen molar-refractivity contribution in [3.63, 3.8) is 0 Å². The van der Waals surface area contributed by atoms with Gasteiger partial charge in [0.2, 0.25) is 5.76 Å². The van der Waals surface area contributed by atoms with Crippen LogP contribution < -0.4 is 5.32 Å². The zero-order valence-corrected chi connectivity index (χ0v) is 11.0. The third kappa shape index (κ3) is 2.97. The fourth-order valence-electron chi connectivity index (χ4n) is 1.38. The quantitative estimate of drug-likeness (QED) is 0.882. The summed E-state index contributed by atoms with van der Waals surface area (Å²) in [6.07, 6.45) is 0. The molecule has 0 aliphatic carbocycles. The van der Waals surface area contributed by atoms with Gasteiger partial charge in [-0.05, 0) is 13.8 Å². The van der Waals surface area contributed by atoms with Crippen LogP contribution in [0, 0.1) is 6.92 Å². The number of hydrogen-bond acceptors (Lipinski definition) is 6. The summed E-state index contributed by atoms with van der Waals surface area (Å²) in [5.74, 6) is -1.40. The number of hydrogen-bond donors (Lipinski definition) is 2. The number of carboxylic acid groups (broad SMARTS) is 1. The van der Waals surface area contributed by atoms with Gasteiger partial charge in [-0.15, -0.1) is 11.3 Å². The Morgan fingerprint density at radius 3 is 2.79 bits per heavy atom. The summed E-state index contributed by atoms with van der Waals surface area (Å²) >= 11 is 1.18. The summed E-state index contributed by atoms with van der Waals surface area (Å²) in [4.78, 5) is 26.4. The fraction of sp³-hybridized carbons (Fsp3) is 0.273. The van der Waals surface area contributed by atoms with Crippen LogP contribution in [-0.4, -0.2) is 27.1 Å². The van der Waals surface area contributed by atoms with E-state index in [0.717, 1.165) is 0 Å². The lowest BCUT2D eigenvalue weighted by molar-refractivity contribution is 0.0691. The van der Waals surface area contributed by atoms with Crippen molar-refractivity contribution in [3.8, 4) is 0 Å². The average molecular weight is 281 g/mol. The Balaban J connectivity index is 2.05. The molecule has 0 aliphatic heterocycles. The minimum absolute atomic E-state index is 0.0309. The van der Waals surface area contributed by atoms with Gasteiger partial charge in [0.1, 0.15) is 5.01 Å². The second-order valence-corrected chi connectivity index (χ2v) is 4.79. The molecule has 2 rings (SSSR count). The third-order valence-corrected chi connectivity index (χ3v) is 3.34. The highest BCUT2D eigenvalue weighted by molar-refractivity contribution is 7.09. The number of carbonyl (C=O) groups is 2. The van der Waals surface area contributed by atoms with Gasteiger partial charge in [-0.1, -0.05) is 5.16 Å². The van der Waals surface area contributed by atoms with E-state index >= 15 is 0 Å². The lowest BCUT2D eigenvalue weighted by atomic mass is 10.3. The van der Waals surface area contributed by atoms with Crippen molar-refractivity contribution >= 4 is 23.2 Å². The van der Waals surface area contributed by atoms with Crippen LogP contribution in [0.2, 0.25) is 0 Å². The summed E-state index contributed by atoms with van der Waals surface area (Å²) in [5, 5.41) is 17.0. The molecule has 2 aromatic heterocycles. The van der Waals surface area contributed by atoms with Gasteiger partial charge in [0.15, 0.2) is 5.69 Å². The van der Waals surface area contributed by atoms with Crippen LogP contribution in [-0.2, 0) is 0 Å². The second-order valence-electron chi connectivity index (χ2n) is 3.90. The molecule has 0 saturated carbocycles. The minimum atomic E-state index is -1.09. The maximum atomic E-state index is 11.8. The minimum Gasteiger partial charge on any atom is -0.476 e. The Labute approximate surface area is 112 Å². The number of aryl methyl sites for hydroxylation is 1. The van der Waals surface area contributed by atoms with Crippen LogP contribution in [0.1, 0.15) is 44.7 Å². The first-order valence-electron chi connectivity index (χ1n) is 5.40. The maximum absolute atomic E-state index is 11.8. The van der Waals surface area contributed by atoms with Crippen molar-refractivity contribution in [2.24, 2.45) is 0 Å². The van der Waals surface area contributed by atoms with E-state index in [9.17, 15) is 9.59 Å². The van der Waals surface area contributed by atoms with Crippen molar-refractivity contribution in [3.05, 3.63) is 33.6 Å². The lowest BCUT2D eigenvalue weighted by Gasteiger charge is -2.08. The molecule has 0 fully saturated rings. The normalized spacial score (nSPS) is 12.1. The Hall–Kier alpha value is -2.22. The summed E-state index contributed by atoms with van der Waals surface area (Å²) in [6.45, 7) is 3.43. The molecule has 19 heavy (non-hydrogen) atoms. The Bertz CT molecular complexity index is 619. The topological polar surface area (TPSA) is 105 Å². The smallest absolute Gasteiger partial charge is 0.355 e. The van der Waals surface area contributed by atoms with Gasteiger partial charge in [-0.2, -0.15) is 0 Å². The highest BCUT2D eigenvalue weighted by Gasteiger charge is 2.18. The number of aromatic carboxylic acids is 1. The fourth-order valence-corrected chi connectivity index (χ4v) is 2.18. The van der Waals surface area contributed by atoms with Crippen LogP contribution in [0.25, 0.3) is 0 Å². The van der Waals surface area contributed by atoms with Gasteiger partial charge in [-0.25, -0.2) is 9.78 Å². The molecule has 100 valence electrons. The third-order valence-electron chi connectivity index (χ3n) is 2.31. The molecule has 0 saturated heterocycles. The molecule has 7 nitrogen and oxygen atoms in total. The van der Waals surface area contributed by atoms with Gasteiger partial charge in [0, 0.05) is 11.4 Å². The molecule has 0 aliphatic rings. The molecule has 1 unspecified atom stereocenters. The van der Waals surface area contributed by atoms with Crippen molar-refractivity contribution in [1.29, 1.82) is 0 Å². The summed E-state index contributed by atoms with van der Waals surface area (Å²) < 4.78 is 4.83. The molecule has 0 bridgehead atoms. The number of nitrogens with zero attached hydrogens (tertiary/aromatic N) is 2. The van der Waals surface area contributed by atoms with Crippen molar-refractivity contribution < 1.29 is 19.2 Å². The van der Waals surface area contributed by atoms with Gasteiger partial charge in [0.25, 0.3) is 5.91 Å². The monoisotopic (exact) mass is 281 g/mol. The Morgan fingerprint density at radius 2 is 2.26 bits per heavy atom. The van der Waals surface area contributed by atoms with E-state index in [-0.39, 0.29) is 11.5 Å². The van der Waals surface area contributed by atoms with Gasteiger partial charge >= 0.3 is 5.97 Å². The molecule has 0 spiro atoms. The molecular formula is C11H11N3O4S. The van der Waals surface area contributed by atoms with E-state index in [1.54, 1.807) is 13.8 Å². The number of thiazole rings is 1. The molecule has 1 amide bonds. The lowest BCUT2D eigenvalue weighted by Crippen LogP contribution is -2.26. The van der Waals surface area contributed by atoms with Gasteiger partial charge in [-0.3, -0.25) is 4.79 Å².